The Balaban J connectivity index is 2.59. The second-order valence-electron chi connectivity index (χ2n) is 4.88. The lowest BCUT2D eigenvalue weighted by atomic mass is 9.62. The van der Waals surface area contributed by atoms with E-state index in [-0.39, 0.29) is 11.3 Å². The quantitative estimate of drug-likeness (QED) is 0.733. The van der Waals surface area contributed by atoms with Crippen molar-refractivity contribution in [3.05, 3.63) is 0 Å². The molecule has 94 valence electrons. The maximum absolute atomic E-state index is 12.4. The molecule has 0 unspecified atom stereocenters. The molecule has 1 aliphatic rings. The minimum atomic E-state index is -0.275. The van der Waals surface area contributed by atoms with Crippen molar-refractivity contribution in [1.29, 1.82) is 0 Å². The summed E-state index contributed by atoms with van der Waals surface area (Å²) in [6, 6.07) is 0. The van der Waals surface area contributed by atoms with Gasteiger partial charge >= 0.3 is 0 Å². The van der Waals surface area contributed by atoms with Crippen LogP contribution in [0, 0.1) is 11.3 Å². The number of methoxy groups -OCH3 is 1. The molecule has 0 atom stereocenters. The van der Waals surface area contributed by atoms with E-state index < -0.39 is 0 Å². The van der Waals surface area contributed by atoms with Crippen LogP contribution >= 0.6 is 0 Å². The third-order valence-electron chi connectivity index (χ3n) is 3.56. The van der Waals surface area contributed by atoms with E-state index in [9.17, 15) is 4.79 Å². The van der Waals surface area contributed by atoms with Crippen LogP contribution in [0.25, 0.3) is 0 Å². The van der Waals surface area contributed by atoms with Gasteiger partial charge in [0.2, 0.25) is 5.91 Å². The Morgan fingerprint density at radius 2 is 2.19 bits per heavy atom. The van der Waals surface area contributed by atoms with E-state index in [0.717, 1.165) is 19.4 Å². The Kier molecular flexibility index (Phi) is 4.74. The summed E-state index contributed by atoms with van der Waals surface area (Å²) in [5.41, 5.74) is 5.50. The van der Waals surface area contributed by atoms with E-state index in [1.54, 1.807) is 7.11 Å². The fourth-order valence-electron chi connectivity index (χ4n) is 2.64. The molecule has 4 nitrogen and oxygen atoms in total. The van der Waals surface area contributed by atoms with E-state index in [4.69, 9.17) is 10.5 Å². The number of carbonyl (C=O) groups excluding carboxylic acids is 1. The summed E-state index contributed by atoms with van der Waals surface area (Å²) in [5, 5.41) is 0. The van der Waals surface area contributed by atoms with E-state index in [1.165, 1.54) is 0 Å². The highest BCUT2D eigenvalue weighted by Gasteiger charge is 2.48. The third kappa shape index (κ3) is 2.55. The maximum atomic E-state index is 12.4. The number of ether oxygens (including phenoxy) is 1. The first-order valence-corrected chi connectivity index (χ1v) is 6.08. The van der Waals surface area contributed by atoms with Gasteiger partial charge in [0.1, 0.15) is 0 Å². The number of nitrogens with zero attached hydrogens (tertiary/aromatic N) is 1. The summed E-state index contributed by atoms with van der Waals surface area (Å²) in [6.07, 6.45) is 1.87. The van der Waals surface area contributed by atoms with Crippen LogP contribution in [0.15, 0.2) is 0 Å². The molecule has 16 heavy (non-hydrogen) atoms. The summed E-state index contributed by atoms with van der Waals surface area (Å²) in [7, 11) is 1.66. The Morgan fingerprint density at radius 1 is 1.56 bits per heavy atom. The number of hydrogen-bond acceptors (Lipinski definition) is 3. The van der Waals surface area contributed by atoms with Crippen molar-refractivity contribution in [3.8, 4) is 0 Å². The second-order valence-corrected chi connectivity index (χ2v) is 4.88. The number of carbonyl (C=O) groups is 1. The number of rotatable bonds is 6. The largest absolute Gasteiger partial charge is 0.383 e. The van der Waals surface area contributed by atoms with E-state index >= 15 is 0 Å². The van der Waals surface area contributed by atoms with Crippen molar-refractivity contribution in [3.63, 3.8) is 0 Å². The monoisotopic (exact) mass is 228 g/mol. The Morgan fingerprint density at radius 3 is 2.56 bits per heavy atom. The fourth-order valence-corrected chi connectivity index (χ4v) is 2.64. The maximum Gasteiger partial charge on any atom is 0.230 e. The highest BCUT2D eigenvalue weighted by molar-refractivity contribution is 5.84. The minimum absolute atomic E-state index is 0.215. The first-order valence-electron chi connectivity index (χ1n) is 6.08. The van der Waals surface area contributed by atoms with Gasteiger partial charge in [-0.2, -0.15) is 0 Å². The summed E-state index contributed by atoms with van der Waals surface area (Å²) >= 11 is 0. The van der Waals surface area contributed by atoms with Crippen LogP contribution in [0.2, 0.25) is 0 Å². The molecule has 1 aliphatic carbocycles. The van der Waals surface area contributed by atoms with Crippen molar-refractivity contribution in [2.24, 2.45) is 17.1 Å². The summed E-state index contributed by atoms with van der Waals surface area (Å²) in [5.74, 6) is 0.848. The van der Waals surface area contributed by atoms with Gasteiger partial charge < -0.3 is 15.4 Å². The summed E-state index contributed by atoms with van der Waals surface area (Å²) < 4.78 is 5.02. The van der Waals surface area contributed by atoms with E-state index in [2.05, 4.69) is 6.92 Å². The third-order valence-corrected chi connectivity index (χ3v) is 3.56. The molecule has 0 heterocycles. The zero-order valence-corrected chi connectivity index (χ0v) is 10.7. The molecule has 2 N–H and O–H groups in total. The van der Waals surface area contributed by atoms with Gasteiger partial charge in [0, 0.05) is 26.7 Å². The van der Waals surface area contributed by atoms with E-state index in [0.29, 0.717) is 25.6 Å². The molecule has 0 radical (unpaired) electrons. The molecule has 0 saturated heterocycles. The molecule has 0 bridgehead atoms. The lowest BCUT2D eigenvalue weighted by Crippen LogP contribution is -2.55. The first-order chi connectivity index (χ1) is 7.59. The Hall–Kier alpha value is -0.610. The van der Waals surface area contributed by atoms with Gasteiger partial charge in [-0.1, -0.05) is 6.92 Å². The zero-order valence-electron chi connectivity index (χ0n) is 10.7. The van der Waals surface area contributed by atoms with Crippen molar-refractivity contribution < 1.29 is 9.53 Å². The van der Waals surface area contributed by atoms with Gasteiger partial charge in [-0.3, -0.25) is 4.79 Å². The van der Waals surface area contributed by atoms with Gasteiger partial charge in [-0.25, -0.2) is 0 Å². The molecule has 1 fully saturated rings. The lowest BCUT2D eigenvalue weighted by molar-refractivity contribution is -0.150. The topological polar surface area (TPSA) is 55.6 Å². The molecule has 4 heteroatoms. The van der Waals surface area contributed by atoms with Gasteiger partial charge in [-0.05, 0) is 25.7 Å². The molecule has 0 spiro atoms. The molecule has 1 amide bonds. The van der Waals surface area contributed by atoms with Gasteiger partial charge in [0.25, 0.3) is 0 Å². The van der Waals surface area contributed by atoms with Crippen molar-refractivity contribution in [2.75, 3.05) is 33.4 Å². The van der Waals surface area contributed by atoms with Crippen LogP contribution < -0.4 is 5.73 Å². The fraction of sp³-hybridized carbons (Fsp3) is 0.917. The molecule has 1 saturated carbocycles. The van der Waals surface area contributed by atoms with Crippen LogP contribution in [-0.2, 0) is 9.53 Å². The predicted molar refractivity (Wildman–Crippen MR) is 64.0 cm³/mol. The number of amides is 1. The average molecular weight is 228 g/mol. The van der Waals surface area contributed by atoms with E-state index in [1.807, 2.05) is 11.8 Å². The van der Waals surface area contributed by atoms with Crippen LogP contribution in [0.1, 0.15) is 26.7 Å². The molecule has 1 rings (SSSR count). The summed E-state index contributed by atoms with van der Waals surface area (Å²) in [4.78, 5) is 14.2. The van der Waals surface area contributed by atoms with Gasteiger partial charge in [0.15, 0.2) is 0 Å². The first kappa shape index (κ1) is 13.5. The SMILES string of the molecule is CCN(CCOC)C(=O)C1(CN)CC(C)C1. The highest BCUT2D eigenvalue weighted by Crippen LogP contribution is 2.45. The Labute approximate surface area is 98.1 Å². The standard InChI is InChI=1S/C12H24N2O2/c1-4-14(5-6-16-3)11(15)12(9-13)7-10(2)8-12/h10H,4-9,13H2,1-3H3. The van der Waals surface area contributed by atoms with Crippen LogP contribution in [-0.4, -0.2) is 44.2 Å². The predicted octanol–water partition coefficient (Wildman–Crippen LogP) is 0.856. The van der Waals surface area contributed by atoms with Gasteiger partial charge in [0.05, 0.1) is 12.0 Å². The van der Waals surface area contributed by atoms with Crippen LogP contribution in [0.4, 0.5) is 0 Å². The average Bonchev–Trinajstić information content (AvgIpc) is 2.25. The molecule has 0 aliphatic heterocycles. The van der Waals surface area contributed by atoms with Gasteiger partial charge in [-0.15, -0.1) is 0 Å². The number of hydrogen-bond donors (Lipinski definition) is 1. The highest BCUT2D eigenvalue weighted by atomic mass is 16.5. The van der Waals surface area contributed by atoms with Crippen molar-refractivity contribution in [1.82, 2.24) is 4.90 Å². The van der Waals surface area contributed by atoms with Crippen LogP contribution in [0.3, 0.4) is 0 Å². The van der Waals surface area contributed by atoms with Crippen LogP contribution in [0.5, 0.6) is 0 Å². The second kappa shape index (κ2) is 5.64. The van der Waals surface area contributed by atoms with Crippen molar-refractivity contribution >= 4 is 5.91 Å². The minimum Gasteiger partial charge on any atom is -0.383 e. The lowest BCUT2D eigenvalue weighted by Gasteiger charge is -2.46. The normalized spacial score (nSPS) is 28.6. The smallest absolute Gasteiger partial charge is 0.230 e. The summed E-state index contributed by atoms with van der Waals surface area (Å²) in [6.45, 7) is 6.64. The van der Waals surface area contributed by atoms with Crippen molar-refractivity contribution in [2.45, 2.75) is 26.7 Å². The Bertz CT molecular complexity index is 237. The molecular weight excluding hydrogens is 204 g/mol. The zero-order chi connectivity index (χ0) is 12.2. The molecule has 0 aromatic rings. The molecule has 0 aromatic heterocycles. The molecular formula is C12H24N2O2. The number of nitrogens with two attached hydrogens (primary N) is 1. The number of likely N-dealkylation sites (N-methyl/N-ethyl adjacent to an activating group) is 1. The molecule has 0 aromatic carbocycles.